The highest BCUT2D eigenvalue weighted by Crippen LogP contribution is 2.24. The van der Waals surface area contributed by atoms with Crippen LogP contribution in [0.15, 0.2) is 24.3 Å². The van der Waals surface area contributed by atoms with Crippen molar-refractivity contribution < 1.29 is 0 Å². The van der Waals surface area contributed by atoms with Crippen LogP contribution in [0.3, 0.4) is 0 Å². The smallest absolute Gasteiger partial charge is 0.0638 e. The van der Waals surface area contributed by atoms with Gasteiger partial charge in [-0.15, -0.1) is 0 Å². The Kier molecular flexibility index (Phi) is 4.24. The Hall–Kier alpha value is -1.79. The van der Waals surface area contributed by atoms with Crippen molar-refractivity contribution >= 4 is 10.9 Å². The van der Waals surface area contributed by atoms with Crippen LogP contribution in [0.25, 0.3) is 10.9 Å². The highest BCUT2D eigenvalue weighted by Gasteiger charge is 2.12. The summed E-state index contributed by atoms with van der Waals surface area (Å²) >= 11 is 0. The van der Waals surface area contributed by atoms with E-state index in [1.54, 1.807) is 0 Å². The van der Waals surface area contributed by atoms with Crippen molar-refractivity contribution in [2.24, 2.45) is 7.05 Å². The lowest BCUT2D eigenvalue weighted by atomic mass is 10.1. The molecule has 2 aromatic rings. The minimum absolute atomic E-state index is 0.280. The summed E-state index contributed by atoms with van der Waals surface area (Å²) in [5, 5.41) is 13.6. The topological polar surface area (TPSA) is 40.8 Å². The van der Waals surface area contributed by atoms with E-state index in [-0.39, 0.29) is 6.04 Å². The van der Waals surface area contributed by atoms with Crippen molar-refractivity contribution in [2.75, 3.05) is 0 Å². The molecule has 0 saturated heterocycles. The number of hydrogen-bond donors (Lipinski definition) is 1. The van der Waals surface area contributed by atoms with Crippen LogP contribution in [0.2, 0.25) is 0 Å². The molecular formula is C16H21N3. The molecule has 0 aliphatic rings. The fourth-order valence-electron chi connectivity index (χ4n) is 2.60. The van der Waals surface area contributed by atoms with Gasteiger partial charge in [-0.1, -0.05) is 25.1 Å². The maximum absolute atomic E-state index is 8.79. The van der Waals surface area contributed by atoms with Crippen LogP contribution in [-0.2, 0) is 13.6 Å². The highest BCUT2D eigenvalue weighted by atomic mass is 15.0. The van der Waals surface area contributed by atoms with Crippen LogP contribution in [0.4, 0.5) is 0 Å². The molecule has 1 aromatic carbocycles. The van der Waals surface area contributed by atoms with Crippen LogP contribution in [0.1, 0.15) is 31.0 Å². The lowest BCUT2D eigenvalue weighted by Gasteiger charge is -2.14. The SMILES string of the molecule is CCC(CC#N)NCc1c(C)c2ccccc2n1C. The average Bonchev–Trinajstić information content (AvgIpc) is 2.68. The number of nitrogens with zero attached hydrogens (tertiary/aromatic N) is 2. The third-order valence-corrected chi connectivity index (χ3v) is 3.90. The van der Waals surface area contributed by atoms with Crippen molar-refractivity contribution in [3.05, 3.63) is 35.5 Å². The Morgan fingerprint density at radius 1 is 1.37 bits per heavy atom. The summed E-state index contributed by atoms with van der Waals surface area (Å²) in [5.74, 6) is 0. The molecular weight excluding hydrogens is 234 g/mol. The molecule has 0 fully saturated rings. The number of benzene rings is 1. The Balaban J connectivity index is 2.24. The quantitative estimate of drug-likeness (QED) is 0.890. The molecule has 0 radical (unpaired) electrons. The molecule has 2 rings (SSSR count). The van der Waals surface area contributed by atoms with Gasteiger partial charge in [0.25, 0.3) is 0 Å². The lowest BCUT2D eigenvalue weighted by molar-refractivity contribution is 0.495. The second-order valence-corrected chi connectivity index (χ2v) is 5.00. The van der Waals surface area contributed by atoms with Crippen LogP contribution in [-0.4, -0.2) is 10.6 Å². The molecule has 3 heteroatoms. The number of rotatable bonds is 5. The zero-order valence-corrected chi connectivity index (χ0v) is 11.9. The van der Waals surface area contributed by atoms with Gasteiger partial charge in [-0.25, -0.2) is 0 Å². The van der Waals surface area contributed by atoms with E-state index in [1.807, 2.05) is 0 Å². The molecule has 100 valence electrons. The molecule has 1 unspecified atom stereocenters. The van der Waals surface area contributed by atoms with E-state index in [4.69, 9.17) is 5.26 Å². The molecule has 19 heavy (non-hydrogen) atoms. The number of aryl methyl sites for hydroxylation is 2. The number of hydrogen-bond acceptors (Lipinski definition) is 2. The molecule has 3 nitrogen and oxygen atoms in total. The van der Waals surface area contributed by atoms with Crippen LogP contribution >= 0.6 is 0 Å². The predicted molar refractivity (Wildman–Crippen MR) is 78.8 cm³/mol. The van der Waals surface area contributed by atoms with Crippen molar-refractivity contribution in [2.45, 2.75) is 39.3 Å². The monoisotopic (exact) mass is 255 g/mol. The fourth-order valence-corrected chi connectivity index (χ4v) is 2.60. The Morgan fingerprint density at radius 3 is 2.74 bits per heavy atom. The Bertz CT molecular complexity index is 565. The Morgan fingerprint density at radius 2 is 2.11 bits per heavy atom. The summed E-state index contributed by atoms with van der Waals surface area (Å²) in [6, 6.07) is 11.0. The number of para-hydroxylation sites is 1. The third-order valence-electron chi connectivity index (χ3n) is 3.90. The molecule has 1 heterocycles. The molecule has 0 aliphatic heterocycles. The van der Waals surface area contributed by atoms with Gasteiger partial charge in [0.05, 0.1) is 12.5 Å². The maximum atomic E-state index is 8.79. The van der Waals surface area contributed by atoms with Crippen LogP contribution in [0.5, 0.6) is 0 Å². The van der Waals surface area contributed by atoms with E-state index in [9.17, 15) is 0 Å². The summed E-state index contributed by atoms with van der Waals surface area (Å²) < 4.78 is 2.25. The standard InChI is InChI=1S/C16H21N3/c1-4-13(9-10-17)18-11-16-12(2)14-7-5-6-8-15(14)19(16)3/h5-8,13,18H,4,9,11H2,1-3H3. The molecule has 0 bridgehead atoms. The third kappa shape index (κ3) is 2.64. The van der Waals surface area contributed by atoms with E-state index in [0.717, 1.165) is 13.0 Å². The fraction of sp³-hybridized carbons (Fsp3) is 0.438. The highest BCUT2D eigenvalue weighted by molar-refractivity contribution is 5.85. The van der Waals surface area contributed by atoms with Crippen molar-refractivity contribution in [3.8, 4) is 6.07 Å². The van der Waals surface area contributed by atoms with E-state index >= 15 is 0 Å². The second-order valence-electron chi connectivity index (χ2n) is 5.00. The summed E-state index contributed by atoms with van der Waals surface area (Å²) in [5.41, 5.74) is 3.90. The zero-order valence-electron chi connectivity index (χ0n) is 11.9. The first-order valence-electron chi connectivity index (χ1n) is 6.82. The van der Waals surface area contributed by atoms with Gasteiger partial charge in [0.1, 0.15) is 0 Å². The second kappa shape index (κ2) is 5.90. The van der Waals surface area contributed by atoms with Gasteiger partial charge in [-0.2, -0.15) is 5.26 Å². The molecule has 1 atom stereocenters. The molecule has 0 saturated carbocycles. The van der Waals surface area contributed by atoms with Crippen molar-refractivity contribution in [1.82, 2.24) is 9.88 Å². The first-order chi connectivity index (χ1) is 9.19. The van der Waals surface area contributed by atoms with Crippen LogP contribution in [0, 0.1) is 18.3 Å². The van der Waals surface area contributed by atoms with Gasteiger partial charge in [-0.3, -0.25) is 0 Å². The molecule has 1 aromatic heterocycles. The lowest BCUT2D eigenvalue weighted by Crippen LogP contribution is -2.28. The van der Waals surface area contributed by atoms with Crippen molar-refractivity contribution in [3.63, 3.8) is 0 Å². The number of fused-ring (bicyclic) bond motifs is 1. The minimum atomic E-state index is 0.280. The van der Waals surface area contributed by atoms with Gasteiger partial charge in [0, 0.05) is 36.2 Å². The van der Waals surface area contributed by atoms with E-state index in [1.165, 1.54) is 22.2 Å². The first kappa shape index (κ1) is 13.6. The summed E-state index contributed by atoms with van der Waals surface area (Å²) in [6.07, 6.45) is 1.55. The van der Waals surface area contributed by atoms with E-state index in [2.05, 4.69) is 61.1 Å². The zero-order chi connectivity index (χ0) is 13.8. The maximum Gasteiger partial charge on any atom is 0.0638 e. The first-order valence-corrected chi connectivity index (χ1v) is 6.82. The average molecular weight is 255 g/mol. The van der Waals surface area contributed by atoms with Gasteiger partial charge in [-0.05, 0) is 25.0 Å². The summed E-state index contributed by atoms with van der Waals surface area (Å²) in [6.45, 7) is 5.10. The normalized spacial score (nSPS) is 12.5. The minimum Gasteiger partial charge on any atom is -0.346 e. The number of nitriles is 1. The Labute approximate surface area is 114 Å². The number of nitrogens with one attached hydrogen (secondary N) is 1. The predicted octanol–water partition coefficient (Wildman–Crippen LogP) is 3.27. The number of aromatic nitrogens is 1. The largest absolute Gasteiger partial charge is 0.346 e. The van der Waals surface area contributed by atoms with Crippen molar-refractivity contribution in [1.29, 1.82) is 5.26 Å². The van der Waals surface area contributed by atoms with Gasteiger partial charge in [0.15, 0.2) is 0 Å². The van der Waals surface area contributed by atoms with E-state index < -0.39 is 0 Å². The summed E-state index contributed by atoms with van der Waals surface area (Å²) in [7, 11) is 2.11. The van der Waals surface area contributed by atoms with Gasteiger partial charge >= 0.3 is 0 Å². The molecule has 0 aliphatic carbocycles. The van der Waals surface area contributed by atoms with Crippen LogP contribution < -0.4 is 5.32 Å². The summed E-state index contributed by atoms with van der Waals surface area (Å²) in [4.78, 5) is 0. The molecule has 1 N–H and O–H groups in total. The van der Waals surface area contributed by atoms with Gasteiger partial charge < -0.3 is 9.88 Å². The molecule has 0 spiro atoms. The molecule has 0 amide bonds. The van der Waals surface area contributed by atoms with E-state index in [0.29, 0.717) is 6.42 Å². The van der Waals surface area contributed by atoms with Gasteiger partial charge in [0.2, 0.25) is 0 Å².